The summed E-state index contributed by atoms with van der Waals surface area (Å²) in [6.07, 6.45) is 2.80. The number of amides is 2. The summed E-state index contributed by atoms with van der Waals surface area (Å²) in [5.41, 5.74) is 3.09. The van der Waals surface area contributed by atoms with Crippen LogP contribution in [0.2, 0.25) is 5.02 Å². The molecule has 0 bridgehead atoms. The molecule has 0 aliphatic heterocycles. The average molecular weight is 415 g/mol. The van der Waals surface area contributed by atoms with Crippen molar-refractivity contribution in [1.29, 1.82) is 0 Å². The number of unbranched alkanes of at least 4 members (excludes halogenated alkanes) is 1. The molecule has 2 rings (SSSR count). The number of nitrogens with one attached hydrogen (secondary N) is 1. The largest absolute Gasteiger partial charge is 0.354 e. The van der Waals surface area contributed by atoms with Crippen LogP contribution in [-0.2, 0) is 22.6 Å². The monoisotopic (exact) mass is 414 g/mol. The molecule has 2 aromatic rings. The van der Waals surface area contributed by atoms with Crippen LogP contribution in [-0.4, -0.2) is 29.3 Å². The molecule has 0 radical (unpaired) electrons. The molecular weight excluding hydrogens is 384 g/mol. The van der Waals surface area contributed by atoms with Crippen molar-refractivity contribution in [3.63, 3.8) is 0 Å². The average Bonchev–Trinajstić information content (AvgIpc) is 2.71. The molecule has 0 heterocycles. The zero-order valence-corrected chi connectivity index (χ0v) is 18.3. The maximum absolute atomic E-state index is 13.1. The molecule has 1 N–H and O–H groups in total. The van der Waals surface area contributed by atoms with E-state index in [1.807, 2.05) is 49.4 Å². The molecule has 0 saturated carbocycles. The van der Waals surface area contributed by atoms with Gasteiger partial charge in [-0.3, -0.25) is 9.59 Å². The lowest BCUT2D eigenvalue weighted by molar-refractivity contribution is -0.140. The fourth-order valence-electron chi connectivity index (χ4n) is 3.21. The van der Waals surface area contributed by atoms with Gasteiger partial charge in [0.15, 0.2) is 0 Å². The van der Waals surface area contributed by atoms with Gasteiger partial charge in [-0.1, -0.05) is 73.0 Å². The topological polar surface area (TPSA) is 49.4 Å². The Morgan fingerprint density at radius 3 is 2.59 bits per heavy atom. The van der Waals surface area contributed by atoms with Gasteiger partial charge in [-0.05, 0) is 43.9 Å². The van der Waals surface area contributed by atoms with E-state index in [1.54, 1.807) is 11.8 Å². The molecule has 29 heavy (non-hydrogen) atoms. The van der Waals surface area contributed by atoms with E-state index in [0.29, 0.717) is 31.0 Å². The first-order chi connectivity index (χ1) is 13.9. The first kappa shape index (κ1) is 23.0. The lowest BCUT2D eigenvalue weighted by Gasteiger charge is -2.29. The summed E-state index contributed by atoms with van der Waals surface area (Å²) in [5, 5.41) is 3.61. The number of aryl methyl sites for hydroxylation is 2. The van der Waals surface area contributed by atoms with E-state index < -0.39 is 6.04 Å². The fourth-order valence-corrected chi connectivity index (χ4v) is 3.44. The van der Waals surface area contributed by atoms with Gasteiger partial charge in [-0.15, -0.1) is 0 Å². The van der Waals surface area contributed by atoms with Gasteiger partial charge in [-0.25, -0.2) is 0 Å². The first-order valence-corrected chi connectivity index (χ1v) is 10.7. The summed E-state index contributed by atoms with van der Waals surface area (Å²) in [7, 11) is 0. The number of benzene rings is 2. The van der Waals surface area contributed by atoms with Gasteiger partial charge in [0.1, 0.15) is 6.04 Å². The minimum atomic E-state index is -0.536. The van der Waals surface area contributed by atoms with Crippen LogP contribution in [0.1, 0.15) is 49.8 Å². The maximum atomic E-state index is 13.1. The van der Waals surface area contributed by atoms with Crippen LogP contribution < -0.4 is 5.32 Å². The SMILES string of the molecule is CCCCNC(=O)[C@@H](C)N(Cc1cccc(C)c1)C(=O)CCc1ccccc1Cl. The zero-order valence-electron chi connectivity index (χ0n) is 17.6. The van der Waals surface area contributed by atoms with Crippen LogP contribution >= 0.6 is 11.6 Å². The number of halogens is 1. The molecule has 0 fully saturated rings. The minimum Gasteiger partial charge on any atom is -0.354 e. The summed E-state index contributed by atoms with van der Waals surface area (Å²) in [4.78, 5) is 27.4. The van der Waals surface area contributed by atoms with Crippen LogP contribution in [0.5, 0.6) is 0 Å². The fraction of sp³-hybridized carbons (Fsp3) is 0.417. The molecule has 0 aliphatic carbocycles. The Hall–Kier alpha value is -2.33. The predicted molar refractivity (Wildman–Crippen MR) is 119 cm³/mol. The van der Waals surface area contributed by atoms with Crippen molar-refractivity contribution < 1.29 is 9.59 Å². The van der Waals surface area contributed by atoms with Crippen molar-refractivity contribution in [2.75, 3.05) is 6.54 Å². The second-order valence-electron chi connectivity index (χ2n) is 7.42. The highest BCUT2D eigenvalue weighted by Gasteiger charge is 2.25. The van der Waals surface area contributed by atoms with Crippen LogP contribution in [0.3, 0.4) is 0 Å². The summed E-state index contributed by atoms with van der Waals surface area (Å²) in [5.74, 6) is -0.165. The maximum Gasteiger partial charge on any atom is 0.242 e. The standard InChI is InChI=1S/C24H31ClN2O2/c1-4-5-15-26-24(29)19(3)27(17-20-10-8-9-18(2)16-20)23(28)14-13-21-11-6-7-12-22(21)25/h6-12,16,19H,4-5,13-15,17H2,1-3H3,(H,26,29)/t19-/m1/s1. The summed E-state index contributed by atoms with van der Waals surface area (Å²) in [6.45, 7) is 6.94. The lowest BCUT2D eigenvalue weighted by Crippen LogP contribution is -2.47. The first-order valence-electron chi connectivity index (χ1n) is 10.3. The van der Waals surface area contributed by atoms with E-state index in [2.05, 4.69) is 18.3 Å². The number of rotatable bonds is 10. The van der Waals surface area contributed by atoms with Gasteiger partial charge in [-0.2, -0.15) is 0 Å². The third-order valence-electron chi connectivity index (χ3n) is 5.00. The molecule has 1 atom stereocenters. The summed E-state index contributed by atoms with van der Waals surface area (Å²) >= 11 is 6.23. The Morgan fingerprint density at radius 1 is 1.14 bits per heavy atom. The van der Waals surface area contributed by atoms with Crippen molar-refractivity contribution in [2.45, 2.75) is 59.0 Å². The van der Waals surface area contributed by atoms with Gasteiger partial charge < -0.3 is 10.2 Å². The third kappa shape index (κ3) is 7.21. The van der Waals surface area contributed by atoms with Crippen molar-refractivity contribution in [2.24, 2.45) is 0 Å². The molecule has 2 amide bonds. The molecule has 0 unspecified atom stereocenters. The van der Waals surface area contributed by atoms with Crippen molar-refractivity contribution in [1.82, 2.24) is 10.2 Å². The van der Waals surface area contributed by atoms with E-state index in [1.165, 1.54) is 0 Å². The predicted octanol–water partition coefficient (Wildman–Crippen LogP) is 4.91. The number of nitrogens with zero attached hydrogens (tertiary/aromatic N) is 1. The Morgan fingerprint density at radius 2 is 1.90 bits per heavy atom. The van der Waals surface area contributed by atoms with Crippen LogP contribution in [0.25, 0.3) is 0 Å². The number of carbonyl (C=O) groups excluding carboxylic acids is 2. The Balaban J connectivity index is 2.12. The minimum absolute atomic E-state index is 0.0513. The molecule has 5 heteroatoms. The Labute approximate surface area is 179 Å². The van der Waals surface area contributed by atoms with Crippen LogP contribution in [0.15, 0.2) is 48.5 Å². The highest BCUT2D eigenvalue weighted by molar-refractivity contribution is 6.31. The van der Waals surface area contributed by atoms with Gasteiger partial charge in [0.05, 0.1) is 0 Å². The van der Waals surface area contributed by atoms with Gasteiger partial charge in [0.25, 0.3) is 0 Å². The second-order valence-corrected chi connectivity index (χ2v) is 7.83. The molecule has 2 aromatic carbocycles. The number of carbonyl (C=O) groups is 2. The van der Waals surface area contributed by atoms with E-state index in [9.17, 15) is 9.59 Å². The summed E-state index contributed by atoms with van der Waals surface area (Å²) < 4.78 is 0. The Bertz CT molecular complexity index is 822. The molecule has 4 nitrogen and oxygen atoms in total. The van der Waals surface area contributed by atoms with Gasteiger partial charge in [0, 0.05) is 24.5 Å². The van der Waals surface area contributed by atoms with Crippen molar-refractivity contribution in [3.8, 4) is 0 Å². The van der Waals surface area contributed by atoms with E-state index in [-0.39, 0.29) is 11.8 Å². The number of hydrogen-bond acceptors (Lipinski definition) is 2. The van der Waals surface area contributed by atoms with Crippen LogP contribution in [0.4, 0.5) is 0 Å². The van der Waals surface area contributed by atoms with Crippen molar-refractivity contribution in [3.05, 3.63) is 70.2 Å². The smallest absolute Gasteiger partial charge is 0.242 e. The normalized spacial score (nSPS) is 11.7. The van der Waals surface area contributed by atoms with E-state index in [4.69, 9.17) is 11.6 Å². The lowest BCUT2D eigenvalue weighted by atomic mass is 10.1. The molecule has 0 aromatic heterocycles. The van der Waals surface area contributed by atoms with E-state index >= 15 is 0 Å². The second kappa shape index (κ2) is 11.6. The molecule has 0 aliphatic rings. The molecular formula is C24H31ClN2O2. The Kier molecular flexibility index (Phi) is 9.20. The van der Waals surface area contributed by atoms with Crippen molar-refractivity contribution >= 4 is 23.4 Å². The molecule has 0 spiro atoms. The zero-order chi connectivity index (χ0) is 21.2. The summed E-state index contributed by atoms with van der Waals surface area (Å²) in [6, 6.07) is 15.1. The molecule has 0 saturated heterocycles. The molecule has 156 valence electrons. The van der Waals surface area contributed by atoms with Crippen LogP contribution in [0, 0.1) is 6.92 Å². The van der Waals surface area contributed by atoms with Gasteiger partial charge >= 0.3 is 0 Å². The highest BCUT2D eigenvalue weighted by Crippen LogP contribution is 2.18. The van der Waals surface area contributed by atoms with Gasteiger partial charge in [0.2, 0.25) is 11.8 Å². The van der Waals surface area contributed by atoms with E-state index in [0.717, 1.165) is 29.5 Å². The quantitative estimate of drug-likeness (QED) is 0.561. The third-order valence-corrected chi connectivity index (χ3v) is 5.37. The number of hydrogen-bond donors (Lipinski definition) is 1. The highest BCUT2D eigenvalue weighted by atomic mass is 35.5.